The molecule has 2 unspecified atom stereocenters. The molecule has 6 atom stereocenters. The smallest absolute Gasteiger partial charge is 0.253 e. The first-order chi connectivity index (χ1) is 23.7. The maximum atomic E-state index is 15.2. The van der Waals surface area contributed by atoms with Gasteiger partial charge >= 0.3 is 0 Å². The molecule has 264 valence electrons. The Balaban J connectivity index is 1.63. The van der Waals surface area contributed by atoms with Gasteiger partial charge in [0.1, 0.15) is 11.6 Å². The summed E-state index contributed by atoms with van der Waals surface area (Å²) >= 11 is 0. The minimum absolute atomic E-state index is 0.130. The van der Waals surface area contributed by atoms with Crippen LogP contribution in [0.3, 0.4) is 0 Å². The molecule has 3 aliphatic rings. The van der Waals surface area contributed by atoms with Gasteiger partial charge in [0.25, 0.3) is 5.91 Å². The van der Waals surface area contributed by atoms with Crippen LogP contribution in [0.1, 0.15) is 58.9 Å². The van der Waals surface area contributed by atoms with Crippen molar-refractivity contribution in [3.63, 3.8) is 0 Å². The van der Waals surface area contributed by atoms with Crippen LogP contribution in [-0.2, 0) is 25.5 Å². The van der Waals surface area contributed by atoms with Crippen LogP contribution in [0, 0.1) is 11.8 Å². The topological polar surface area (TPSA) is 93.6 Å². The second kappa shape index (κ2) is 15.3. The van der Waals surface area contributed by atoms with Crippen molar-refractivity contribution in [3.8, 4) is 0 Å². The predicted octanol–water partition coefficient (Wildman–Crippen LogP) is 5.23. The molecule has 49 heavy (non-hydrogen) atoms. The molecule has 5 rings (SSSR count). The first-order valence-electron chi connectivity index (χ1n) is 18.0. The van der Waals surface area contributed by atoms with Crippen LogP contribution in [0.5, 0.6) is 0 Å². The highest BCUT2D eigenvalue weighted by Crippen LogP contribution is 2.65. The molecule has 3 saturated heterocycles. The van der Waals surface area contributed by atoms with Gasteiger partial charge in [-0.15, -0.1) is 13.2 Å². The van der Waals surface area contributed by atoms with Crippen LogP contribution in [0.4, 0.5) is 11.4 Å². The molecular weight excluding hydrogens is 616 g/mol. The lowest BCUT2D eigenvalue weighted by Crippen LogP contribution is -2.59. The fourth-order valence-corrected chi connectivity index (χ4v) is 8.79. The third kappa shape index (κ3) is 6.32. The van der Waals surface area contributed by atoms with E-state index >= 15 is 9.59 Å². The van der Waals surface area contributed by atoms with Crippen molar-refractivity contribution >= 4 is 29.1 Å². The van der Waals surface area contributed by atoms with Gasteiger partial charge in [-0.2, -0.15) is 0 Å². The van der Waals surface area contributed by atoms with Crippen LogP contribution in [0.2, 0.25) is 0 Å². The summed E-state index contributed by atoms with van der Waals surface area (Å²) in [6.45, 7) is 18.6. The number of aliphatic hydroxyl groups excluding tert-OH is 1. The molecule has 1 N–H and O–H groups in total. The molecule has 1 spiro atoms. The molecule has 3 amide bonds. The number of nitrogens with zero attached hydrogens (tertiary/aromatic N) is 4. The quantitative estimate of drug-likeness (QED) is 0.232. The Labute approximate surface area is 292 Å². The fraction of sp³-hybridized carbons (Fsp3) is 0.525. The molecule has 3 heterocycles. The monoisotopic (exact) mass is 670 g/mol. The number of benzene rings is 2. The summed E-state index contributed by atoms with van der Waals surface area (Å²) in [6.07, 6.45) is 6.09. The predicted molar refractivity (Wildman–Crippen MR) is 194 cm³/mol. The molecule has 0 radical (unpaired) electrons. The molecule has 2 aromatic carbocycles. The summed E-state index contributed by atoms with van der Waals surface area (Å²) in [5.74, 6) is -2.33. The standard InChI is InChI=1S/C40H54N4O5/c1-7-24-42(25-8-2)36(46)33-34-37(47)44(32(28-45)27-29-16-14-13-15-17-29)35(40(34)23-22-39(33,10-4)49-40)38(48)43(26-9-3)31-20-18-30(19-21-31)41(11-5)12-6/h7,9,13-21,32-35,45H,1,3,8,10-12,22-28H2,2,4-6H3/t32-,33-,34+,35?,39+,40?/m1/s1. The number of rotatable bonds is 17. The van der Waals surface area contributed by atoms with Crippen LogP contribution in [0.15, 0.2) is 79.9 Å². The van der Waals surface area contributed by atoms with Crippen molar-refractivity contribution in [1.29, 1.82) is 0 Å². The van der Waals surface area contributed by atoms with Crippen LogP contribution >= 0.6 is 0 Å². The second-order valence-electron chi connectivity index (χ2n) is 13.6. The number of carbonyl (C=O) groups is 3. The summed E-state index contributed by atoms with van der Waals surface area (Å²) in [5.41, 5.74) is 0.592. The molecule has 2 aromatic rings. The van der Waals surface area contributed by atoms with Gasteiger partial charge in [0.05, 0.1) is 30.1 Å². The number of fused-ring (bicyclic) bond motifs is 1. The van der Waals surface area contributed by atoms with E-state index in [0.717, 1.165) is 30.8 Å². The molecular formula is C40H54N4O5. The van der Waals surface area contributed by atoms with Gasteiger partial charge < -0.3 is 29.4 Å². The zero-order valence-electron chi connectivity index (χ0n) is 29.7. The van der Waals surface area contributed by atoms with E-state index in [1.165, 1.54) is 0 Å². The van der Waals surface area contributed by atoms with Crippen molar-refractivity contribution in [2.75, 3.05) is 49.1 Å². The van der Waals surface area contributed by atoms with Crippen LogP contribution in [0.25, 0.3) is 0 Å². The normalized spacial score (nSPS) is 25.9. The Morgan fingerprint density at radius 1 is 0.959 bits per heavy atom. The maximum absolute atomic E-state index is 15.2. The van der Waals surface area contributed by atoms with Crippen molar-refractivity contribution in [2.24, 2.45) is 11.8 Å². The highest BCUT2D eigenvalue weighted by Gasteiger charge is 2.79. The lowest BCUT2D eigenvalue weighted by Gasteiger charge is -2.39. The summed E-state index contributed by atoms with van der Waals surface area (Å²) in [7, 11) is 0. The number of anilines is 2. The summed E-state index contributed by atoms with van der Waals surface area (Å²) in [4.78, 5) is 52.1. The van der Waals surface area contributed by atoms with E-state index in [0.29, 0.717) is 44.5 Å². The van der Waals surface area contributed by atoms with E-state index in [-0.39, 0.29) is 30.9 Å². The van der Waals surface area contributed by atoms with Gasteiger partial charge in [0, 0.05) is 44.1 Å². The molecule has 0 aliphatic carbocycles. The molecule has 0 saturated carbocycles. The van der Waals surface area contributed by atoms with Crippen molar-refractivity contribution in [1.82, 2.24) is 9.80 Å². The Kier molecular flexibility index (Phi) is 11.3. The molecule has 0 aromatic heterocycles. The fourth-order valence-electron chi connectivity index (χ4n) is 8.79. The highest BCUT2D eigenvalue weighted by molar-refractivity contribution is 6.05. The van der Waals surface area contributed by atoms with Gasteiger partial charge in [-0.3, -0.25) is 14.4 Å². The lowest BCUT2D eigenvalue weighted by atomic mass is 9.64. The maximum Gasteiger partial charge on any atom is 0.253 e. The Bertz CT molecular complexity index is 1490. The average Bonchev–Trinajstić information content (AvgIpc) is 3.73. The van der Waals surface area contributed by atoms with Gasteiger partial charge in [-0.05, 0) is 75.8 Å². The van der Waals surface area contributed by atoms with Gasteiger partial charge in [-0.1, -0.05) is 56.3 Å². The number of aliphatic hydroxyl groups is 1. The van der Waals surface area contributed by atoms with Crippen molar-refractivity contribution in [3.05, 3.63) is 85.5 Å². The summed E-state index contributed by atoms with van der Waals surface area (Å²) in [6, 6.07) is 15.8. The number of hydrogen-bond donors (Lipinski definition) is 1. The second-order valence-corrected chi connectivity index (χ2v) is 13.6. The minimum atomic E-state index is -1.22. The van der Waals surface area contributed by atoms with E-state index < -0.39 is 35.1 Å². The third-order valence-corrected chi connectivity index (χ3v) is 11.1. The molecule has 2 bridgehead atoms. The first-order valence-corrected chi connectivity index (χ1v) is 18.0. The highest BCUT2D eigenvalue weighted by atomic mass is 16.5. The Morgan fingerprint density at radius 2 is 1.61 bits per heavy atom. The van der Waals surface area contributed by atoms with Crippen molar-refractivity contribution in [2.45, 2.75) is 83.1 Å². The van der Waals surface area contributed by atoms with Crippen LogP contribution in [-0.4, -0.2) is 95.2 Å². The largest absolute Gasteiger partial charge is 0.394 e. The lowest BCUT2D eigenvalue weighted by molar-refractivity contribution is -0.153. The number of likely N-dealkylation sites (tertiary alicyclic amines) is 1. The summed E-state index contributed by atoms with van der Waals surface area (Å²) < 4.78 is 7.09. The van der Waals surface area contributed by atoms with E-state index in [9.17, 15) is 9.90 Å². The summed E-state index contributed by atoms with van der Waals surface area (Å²) in [5, 5.41) is 10.9. The molecule has 3 fully saturated rings. The SMILES string of the molecule is C=CCN(CCC)C(=O)[C@H]1[C@H]2C(=O)N([C@@H](CO)Cc3ccccc3)C(C(=O)N(CC=C)c3ccc(N(CC)CC)cc3)C23CC[C@]1(CC)O3. The Morgan fingerprint density at radius 3 is 2.18 bits per heavy atom. The molecule has 3 aliphatic heterocycles. The number of amides is 3. The minimum Gasteiger partial charge on any atom is -0.394 e. The van der Waals surface area contributed by atoms with E-state index in [2.05, 4.69) is 31.9 Å². The zero-order valence-corrected chi connectivity index (χ0v) is 29.7. The number of carbonyl (C=O) groups excluding carboxylic acids is 3. The van der Waals surface area contributed by atoms with Crippen molar-refractivity contribution < 1.29 is 24.2 Å². The van der Waals surface area contributed by atoms with Crippen LogP contribution < -0.4 is 9.80 Å². The van der Waals surface area contributed by atoms with E-state index in [4.69, 9.17) is 4.74 Å². The van der Waals surface area contributed by atoms with Gasteiger partial charge in [0.2, 0.25) is 11.8 Å². The number of ether oxygens (including phenoxy) is 1. The third-order valence-electron chi connectivity index (χ3n) is 11.1. The number of hydrogen-bond acceptors (Lipinski definition) is 6. The molecule has 9 heteroatoms. The van der Waals surface area contributed by atoms with Gasteiger partial charge in [-0.25, -0.2) is 0 Å². The Hall–Kier alpha value is -3.95. The van der Waals surface area contributed by atoms with E-state index in [1.807, 2.05) is 68.4 Å². The first kappa shape index (κ1) is 36.3. The average molecular weight is 671 g/mol. The zero-order chi connectivity index (χ0) is 35.3. The van der Waals surface area contributed by atoms with E-state index in [1.54, 1.807) is 26.9 Å². The molecule has 9 nitrogen and oxygen atoms in total. The van der Waals surface area contributed by atoms with Gasteiger partial charge in [0.15, 0.2) is 0 Å².